The van der Waals surface area contributed by atoms with E-state index < -0.39 is 0 Å². The summed E-state index contributed by atoms with van der Waals surface area (Å²) in [7, 11) is 0. The minimum atomic E-state index is -0.177. The van der Waals surface area contributed by atoms with Crippen molar-refractivity contribution in [1.29, 1.82) is 0 Å². The number of hydrogen-bond acceptors (Lipinski definition) is 3. The lowest BCUT2D eigenvalue weighted by atomic mass is 10.3. The second kappa shape index (κ2) is 5.12. The molecule has 1 aromatic carbocycles. The monoisotopic (exact) mass is 311 g/mol. The van der Waals surface area contributed by atoms with Gasteiger partial charge in [0.2, 0.25) is 0 Å². The third kappa shape index (κ3) is 2.36. The highest BCUT2D eigenvalue weighted by Gasteiger charge is 2.17. The van der Waals surface area contributed by atoms with Crippen molar-refractivity contribution in [3.8, 4) is 0 Å². The second-order valence-corrected chi connectivity index (χ2v) is 6.25. The quantitative estimate of drug-likeness (QED) is 0.667. The van der Waals surface area contributed by atoms with Crippen LogP contribution in [0, 0.1) is 0 Å². The van der Waals surface area contributed by atoms with Crippen LogP contribution in [-0.4, -0.2) is 14.5 Å². The Labute approximate surface area is 124 Å². The Balaban J connectivity index is 2.19. The van der Waals surface area contributed by atoms with Crippen LogP contribution in [-0.2, 0) is 6.54 Å². The van der Waals surface area contributed by atoms with Crippen LogP contribution in [0.5, 0.6) is 0 Å². The predicted octanol–water partition coefficient (Wildman–Crippen LogP) is 4.49. The first kappa shape index (κ1) is 12.9. The summed E-state index contributed by atoms with van der Waals surface area (Å²) >= 11 is 14.0. The molecule has 0 amide bonds. The Bertz CT molecular complexity index is 704. The Kier molecular flexibility index (Phi) is 3.48. The minimum Gasteiger partial charge on any atom is -0.320 e. The maximum atomic E-state index is 6.23. The Morgan fingerprint density at radius 2 is 2.26 bits per heavy atom. The van der Waals surface area contributed by atoms with E-state index in [1.165, 1.54) is 0 Å². The van der Waals surface area contributed by atoms with Gasteiger partial charge >= 0.3 is 0 Å². The third-order valence-electron chi connectivity index (χ3n) is 2.89. The molecular weight excluding hydrogens is 301 g/mol. The topological polar surface area (TPSA) is 30.7 Å². The van der Waals surface area contributed by atoms with Crippen LogP contribution >= 0.6 is 34.5 Å². The van der Waals surface area contributed by atoms with E-state index in [2.05, 4.69) is 14.5 Å². The van der Waals surface area contributed by atoms with Crippen molar-refractivity contribution >= 4 is 45.6 Å². The molecule has 0 saturated heterocycles. The van der Waals surface area contributed by atoms with Gasteiger partial charge in [0.15, 0.2) is 0 Å². The summed E-state index contributed by atoms with van der Waals surface area (Å²) in [5, 5.41) is 3.46. The van der Waals surface area contributed by atoms with Crippen molar-refractivity contribution in [3.63, 3.8) is 0 Å². The Hall–Kier alpha value is -1.10. The molecule has 0 aliphatic carbocycles. The van der Waals surface area contributed by atoms with Crippen molar-refractivity contribution in [1.82, 2.24) is 14.5 Å². The fraction of sp³-hybridized carbons (Fsp3) is 0.231. The lowest BCUT2D eigenvalue weighted by Crippen LogP contribution is -2.05. The number of halogens is 2. The van der Waals surface area contributed by atoms with Crippen molar-refractivity contribution < 1.29 is 0 Å². The van der Waals surface area contributed by atoms with Gasteiger partial charge in [-0.2, -0.15) is 0 Å². The Morgan fingerprint density at radius 1 is 1.42 bits per heavy atom. The number of nitrogens with zero attached hydrogens (tertiary/aromatic N) is 3. The summed E-state index contributed by atoms with van der Waals surface area (Å²) in [5.74, 6) is 0.819. The smallest absolute Gasteiger partial charge is 0.128 e. The van der Waals surface area contributed by atoms with Gasteiger partial charge in [-0.3, -0.25) is 0 Å². The van der Waals surface area contributed by atoms with Crippen LogP contribution in [0.1, 0.15) is 23.1 Å². The lowest BCUT2D eigenvalue weighted by Gasteiger charge is -2.08. The number of rotatable bonds is 3. The number of alkyl halides is 1. The molecule has 0 aliphatic heterocycles. The Morgan fingerprint density at radius 3 is 2.95 bits per heavy atom. The van der Waals surface area contributed by atoms with Gasteiger partial charge in [-0.05, 0) is 19.1 Å². The van der Waals surface area contributed by atoms with Gasteiger partial charge in [0, 0.05) is 11.6 Å². The number of thiazole rings is 1. The normalized spacial score (nSPS) is 13.0. The highest BCUT2D eigenvalue weighted by Crippen LogP contribution is 2.29. The van der Waals surface area contributed by atoms with E-state index in [1.54, 1.807) is 17.5 Å². The molecule has 98 valence electrons. The molecule has 0 saturated carbocycles. The predicted molar refractivity (Wildman–Crippen MR) is 80.2 cm³/mol. The van der Waals surface area contributed by atoms with Crippen LogP contribution in [0.25, 0.3) is 11.0 Å². The molecule has 0 bridgehead atoms. The molecule has 6 heteroatoms. The van der Waals surface area contributed by atoms with E-state index in [9.17, 15) is 0 Å². The zero-order valence-electron chi connectivity index (χ0n) is 10.2. The van der Waals surface area contributed by atoms with Crippen molar-refractivity contribution in [2.24, 2.45) is 0 Å². The SMILES string of the molecule is CC(Cl)c1nc2c(Cl)cccc2n1Cc1nccs1. The number of aromatic nitrogens is 3. The zero-order chi connectivity index (χ0) is 13.4. The van der Waals surface area contributed by atoms with E-state index >= 15 is 0 Å². The molecular formula is C13H11Cl2N3S. The summed E-state index contributed by atoms with van der Waals surface area (Å²) < 4.78 is 2.08. The molecule has 3 nitrogen and oxygen atoms in total. The van der Waals surface area contributed by atoms with Crippen LogP contribution in [0.15, 0.2) is 29.8 Å². The molecule has 2 heterocycles. The maximum Gasteiger partial charge on any atom is 0.128 e. The summed E-state index contributed by atoms with van der Waals surface area (Å²) in [6, 6.07) is 5.77. The minimum absolute atomic E-state index is 0.177. The van der Waals surface area contributed by atoms with Gasteiger partial charge in [0.1, 0.15) is 16.3 Å². The van der Waals surface area contributed by atoms with E-state index in [4.69, 9.17) is 23.2 Å². The first-order chi connectivity index (χ1) is 9.16. The molecule has 0 aliphatic rings. The van der Waals surface area contributed by atoms with Gasteiger partial charge in [-0.25, -0.2) is 9.97 Å². The number of imidazole rings is 1. The van der Waals surface area contributed by atoms with E-state index in [-0.39, 0.29) is 5.38 Å². The van der Waals surface area contributed by atoms with Crippen LogP contribution in [0.4, 0.5) is 0 Å². The summed E-state index contributed by atoms with van der Waals surface area (Å²) in [4.78, 5) is 8.88. The first-order valence-corrected chi connectivity index (χ1v) is 7.53. The fourth-order valence-corrected chi connectivity index (χ4v) is 3.05. The zero-order valence-corrected chi connectivity index (χ0v) is 12.5. The van der Waals surface area contributed by atoms with Crippen molar-refractivity contribution in [2.45, 2.75) is 18.8 Å². The maximum absolute atomic E-state index is 6.23. The van der Waals surface area contributed by atoms with E-state index in [0.717, 1.165) is 21.9 Å². The van der Waals surface area contributed by atoms with Crippen LogP contribution in [0.3, 0.4) is 0 Å². The van der Waals surface area contributed by atoms with Crippen LogP contribution in [0.2, 0.25) is 5.02 Å². The van der Waals surface area contributed by atoms with Gasteiger partial charge in [0.05, 0.1) is 22.5 Å². The average molecular weight is 312 g/mol. The molecule has 19 heavy (non-hydrogen) atoms. The summed E-state index contributed by atoms with van der Waals surface area (Å²) in [6.07, 6.45) is 1.80. The standard InChI is InChI=1S/C13H11Cl2N3S/c1-8(14)13-17-12-9(15)3-2-4-10(12)18(13)7-11-16-5-6-19-11/h2-6,8H,7H2,1H3. The number of benzene rings is 1. The average Bonchev–Trinajstić information content (AvgIpc) is 2.99. The third-order valence-corrected chi connectivity index (χ3v) is 4.16. The fourth-order valence-electron chi connectivity index (χ4n) is 2.07. The second-order valence-electron chi connectivity index (χ2n) is 4.21. The van der Waals surface area contributed by atoms with Gasteiger partial charge in [0.25, 0.3) is 0 Å². The summed E-state index contributed by atoms with van der Waals surface area (Å²) in [6.45, 7) is 2.58. The van der Waals surface area contributed by atoms with Gasteiger partial charge in [-0.15, -0.1) is 22.9 Å². The van der Waals surface area contributed by atoms with Crippen LogP contribution < -0.4 is 0 Å². The van der Waals surface area contributed by atoms with Crippen molar-refractivity contribution in [2.75, 3.05) is 0 Å². The van der Waals surface area contributed by atoms with E-state index in [1.807, 2.05) is 30.5 Å². The molecule has 2 aromatic heterocycles. The molecule has 0 spiro atoms. The van der Waals surface area contributed by atoms with Gasteiger partial charge < -0.3 is 4.57 Å². The number of para-hydroxylation sites is 1. The molecule has 1 atom stereocenters. The van der Waals surface area contributed by atoms with Crippen molar-refractivity contribution in [3.05, 3.63) is 45.6 Å². The number of fused-ring (bicyclic) bond motifs is 1. The summed E-state index contributed by atoms with van der Waals surface area (Å²) in [5.41, 5.74) is 1.79. The molecule has 3 rings (SSSR count). The molecule has 0 N–H and O–H groups in total. The van der Waals surface area contributed by atoms with Gasteiger partial charge in [-0.1, -0.05) is 17.7 Å². The highest BCUT2D eigenvalue weighted by atomic mass is 35.5. The molecule has 3 aromatic rings. The molecule has 0 fully saturated rings. The molecule has 1 unspecified atom stereocenters. The molecule has 0 radical (unpaired) electrons. The number of hydrogen-bond donors (Lipinski definition) is 0. The largest absolute Gasteiger partial charge is 0.320 e. The first-order valence-electron chi connectivity index (χ1n) is 5.84. The van der Waals surface area contributed by atoms with E-state index in [0.29, 0.717) is 11.6 Å². The highest BCUT2D eigenvalue weighted by molar-refractivity contribution is 7.09. The lowest BCUT2D eigenvalue weighted by molar-refractivity contribution is 0.738.